The minimum absolute atomic E-state index is 0.0738. The SMILES string of the molecule is CCOc1cccc(CC(=O)CCl)c1SC(F)(F)F. The van der Waals surface area contributed by atoms with E-state index < -0.39 is 5.51 Å². The van der Waals surface area contributed by atoms with Gasteiger partial charge in [-0.25, -0.2) is 0 Å². The van der Waals surface area contributed by atoms with Gasteiger partial charge in [0.15, 0.2) is 5.78 Å². The number of carbonyl (C=O) groups is 1. The number of ether oxygens (including phenoxy) is 1. The molecule has 0 fully saturated rings. The van der Waals surface area contributed by atoms with Crippen LogP contribution in [0.1, 0.15) is 12.5 Å². The summed E-state index contributed by atoms with van der Waals surface area (Å²) in [5, 5.41) is 0. The molecule has 0 aliphatic heterocycles. The topological polar surface area (TPSA) is 26.3 Å². The Morgan fingerprint density at radius 1 is 1.42 bits per heavy atom. The number of halogens is 4. The molecule has 7 heteroatoms. The molecular formula is C12H12ClF3O2S. The summed E-state index contributed by atoms with van der Waals surface area (Å²) in [6, 6.07) is 4.48. The van der Waals surface area contributed by atoms with Crippen molar-refractivity contribution in [1.29, 1.82) is 0 Å². The third-order valence-corrected chi connectivity index (χ3v) is 3.31. The first kappa shape index (κ1) is 16.2. The van der Waals surface area contributed by atoms with Crippen LogP contribution in [0.2, 0.25) is 0 Å². The summed E-state index contributed by atoms with van der Waals surface area (Å²) in [6.07, 6.45) is -0.136. The van der Waals surface area contributed by atoms with Crippen LogP contribution in [0.5, 0.6) is 5.75 Å². The van der Waals surface area contributed by atoms with Crippen molar-refractivity contribution in [3.05, 3.63) is 23.8 Å². The highest BCUT2D eigenvalue weighted by molar-refractivity contribution is 8.00. The Hall–Kier alpha value is -0.880. The van der Waals surface area contributed by atoms with E-state index in [0.29, 0.717) is 0 Å². The molecule has 0 saturated carbocycles. The number of benzene rings is 1. The predicted octanol–water partition coefficient (Wildman–Crippen LogP) is 4.05. The van der Waals surface area contributed by atoms with Crippen molar-refractivity contribution < 1.29 is 22.7 Å². The van der Waals surface area contributed by atoms with Crippen molar-refractivity contribution >= 4 is 29.1 Å². The van der Waals surface area contributed by atoms with E-state index >= 15 is 0 Å². The normalized spacial score (nSPS) is 11.4. The van der Waals surface area contributed by atoms with Gasteiger partial charge in [-0.3, -0.25) is 4.79 Å². The standard InChI is InChI=1S/C12H12ClF3O2S/c1-2-18-10-5-3-4-8(6-9(17)7-13)11(10)19-12(14,15)16/h3-5H,2,6-7H2,1H3. The number of carbonyl (C=O) groups excluding carboxylic acids is 1. The van der Waals surface area contributed by atoms with Gasteiger partial charge in [0.25, 0.3) is 0 Å². The highest BCUT2D eigenvalue weighted by atomic mass is 35.5. The summed E-state index contributed by atoms with van der Waals surface area (Å²) in [5.74, 6) is -0.432. The quantitative estimate of drug-likeness (QED) is 0.585. The second-order valence-corrected chi connectivity index (χ2v) is 4.92. The molecule has 0 unspecified atom stereocenters. The van der Waals surface area contributed by atoms with Crippen molar-refractivity contribution in [3.63, 3.8) is 0 Å². The highest BCUT2D eigenvalue weighted by Crippen LogP contribution is 2.43. The van der Waals surface area contributed by atoms with Gasteiger partial charge in [0.2, 0.25) is 0 Å². The Bertz CT molecular complexity index is 449. The zero-order valence-electron chi connectivity index (χ0n) is 10.1. The number of thioether (sulfide) groups is 1. The fourth-order valence-electron chi connectivity index (χ4n) is 1.46. The van der Waals surface area contributed by atoms with Gasteiger partial charge in [-0.05, 0) is 30.3 Å². The lowest BCUT2D eigenvalue weighted by molar-refractivity contribution is -0.116. The van der Waals surface area contributed by atoms with Crippen molar-refractivity contribution in [1.82, 2.24) is 0 Å². The maximum atomic E-state index is 12.6. The molecule has 0 amide bonds. The van der Waals surface area contributed by atoms with Crippen molar-refractivity contribution in [2.45, 2.75) is 23.7 Å². The van der Waals surface area contributed by atoms with Crippen LogP contribution >= 0.6 is 23.4 Å². The molecule has 0 N–H and O–H groups in total. The lowest BCUT2D eigenvalue weighted by Crippen LogP contribution is -2.08. The molecule has 2 nitrogen and oxygen atoms in total. The number of ketones is 1. The summed E-state index contributed by atoms with van der Waals surface area (Å²) in [4.78, 5) is 11.2. The summed E-state index contributed by atoms with van der Waals surface area (Å²) in [5.41, 5.74) is -4.16. The first-order chi connectivity index (χ1) is 8.87. The first-order valence-corrected chi connectivity index (χ1v) is 6.80. The molecule has 106 valence electrons. The number of Topliss-reactive ketones (excluding diaryl/α,β-unsaturated/α-hetero) is 1. The van der Waals surface area contributed by atoms with Gasteiger partial charge in [-0.1, -0.05) is 12.1 Å². The van der Waals surface area contributed by atoms with E-state index in [1.165, 1.54) is 12.1 Å². The summed E-state index contributed by atoms with van der Waals surface area (Å²) >= 11 is 5.10. The average molecular weight is 313 g/mol. The molecule has 0 aliphatic carbocycles. The van der Waals surface area contributed by atoms with Gasteiger partial charge < -0.3 is 4.74 Å². The van der Waals surface area contributed by atoms with Gasteiger partial charge in [0, 0.05) is 6.42 Å². The predicted molar refractivity (Wildman–Crippen MR) is 69.0 cm³/mol. The largest absolute Gasteiger partial charge is 0.493 e. The molecular weight excluding hydrogens is 301 g/mol. The maximum Gasteiger partial charge on any atom is 0.446 e. The van der Waals surface area contributed by atoms with Crippen LogP contribution in [0.15, 0.2) is 23.1 Å². The van der Waals surface area contributed by atoms with Crippen LogP contribution in [-0.4, -0.2) is 23.8 Å². The number of hydrogen-bond acceptors (Lipinski definition) is 3. The van der Waals surface area contributed by atoms with Crippen LogP contribution in [0.3, 0.4) is 0 Å². The Labute approximate surface area is 118 Å². The molecule has 0 saturated heterocycles. The third-order valence-electron chi connectivity index (χ3n) is 2.11. The average Bonchev–Trinajstić information content (AvgIpc) is 2.31. The Morgan fingerprint density at radius 2 is 2.11 bits per heavy atom. The van der Waals surface area contributed by atoms with Crippen LogP contribution in [-0.2, 0) is 11.2 Å². The van der Waals surface area contributed by atoms with E-state index in [9.17, 15) is 18.0 Å². The van der Waals surface area contributed by atoms with Crippen LogP contribution in [0, 0.1) is 0 Å². The smallest absolute Gasteiger partial charge is 0.446 e. The molecule has 0 aromatic heterocycles. The van der Waals surface area contributed by atoms with Crippen LogP contribution in [0.25, 0.3) is 0 Å². The van der Waals surface area contributed by atoms with Crippen LogP contribution in [0.4, 0.5) is 13.2 Å². The van der Waals surface area contributed by atoms with Gasteiger partial charge in [-0.2, -0.15) is 13.2 Å². The summed E-state index contributed by atoms with van der Waals surface area (Å²) < 4.78 is 42.8. The van der Waals surface area contributed by atoms with Crippen LogP contribution < -0.4 is 4.74 Å². The van der Waals surface area contributed by atoms with Crippen molar-refractivity contribution in [3.8, 4) is 5.75 Å². The minimum atomic E-state index is -4.44. The maximum absolute atomic E-state index is 12.6. The second kappa shape index (κ2) is 7.05. The van der Waals surface area contributed by atoms with Crippen molar-refractivity contribution in [2.24, 2.45) is 0 Å². The first-order valence-electron chi connectivity index (χ1n) is 5.45. The molecule has 0 aliphatic rings. The van der Waals surface area contributed by atoms with E-state index in [4.69, 9.17) is 16.3 Å². The highest BCUT2D eigenvalue weighted by Gasteiger charge is 2.32. The Balaban J connectivity index is 3.13. The van der Waals surface area contributed by atoms with E-state index in [2.05, 4.69) is 0 Å². The summed E-state index contributed by atoms with van der Waals surface area (Å²) in [6.45, 7) is 1.93. The minimum Gasteiger partial charge on any atom is -0.493 e. The number of rotatable bonds is 6. The summed E-state index contributed by atoms with van der Waals surface area (Å²) in [7, 11) is 0. The van der Waals surface area contributed by atoms with Crippen molar-refractivity contribution in [2.75, 3.05) is 12.5 Å². The molecule has 1 aromatic rings. The molecule has 0 bridgehead atoms. The van der Waals surface area contributed by atoms with Gasteiger partial charge in [-0.15, -0.1) is 11.6 Å². The number of alkyl halides is 4. The van der Waals surface area contributed by atoms with E-state index in [1.54, 1.807) is 13.0 Å². The molecule has 1 aromatic carbocycles. The van der Waals surface area contributed by atoms with Gasteiger partial charge in [0.1, 0.15) is 5.75 Å². The van der Waals surface area contributed by atoms with E-state index in [-0.39, 0.29) is 52.7 Å². The molecule has 0 spiro atoms. The molecule has 0 heterocycles. The zero-order valence-corrected chi connectivity index (χ0v) is 11.7. The molecule has 0 atom stereocenters. The van der Waals surface area contributed by atoms with Gasteiger partial charge in [0.05, 0.1) is 17.4 Å². The molecule has 0 radical (unpaired) electrons. The second-order valence-electron chi connectivity index (χ2n) is 3.57. The fraction of sp³-hybridized carbons (Fsp3) is 0.417. The lowest BCUT2D eigenvalue weighted by Gasteiger charge is -2.15. The molecule has 1 rings (SSSR count). The van der Waals surface area contributed by atoms with E-state index in [1.807, 2.05) is 0 Å². The fourth-order valence-corrected chi connectivity index (χ4v) is 2.29. The van der Waals surface area contributed by atoms with Gasteiger partial charge >= 0.3 is 5.51 Å². The monoisotopic (exact) mass is 312 g/mol. The third kappa shape index (κ3) is 5.32. The van der Waals surface area contributed by atoms with E-state index in [0.717, 1.165) is 0 Å². The Kier molecular flexibility index (Phi) is 6.00. The zero-order chi connectivity index (χ0) is 14.5. The lowest BCUT2D eigenvalue weighted by atomic mass is 10.1. The Morgan fingerprint density at radius 3 is 2.63 bits per heavy atom. The molecule has 19 heavy (non-hydrogen) atoms. The number of hydrogen-bond donors (Lipinski definition) is 0.